The van der Waals surface area contributed by atoms with Gasteiger partial charge < -0.3 is 14.8 Å². The third-order valence-electron chi connectivity index (χ3n) is 4.48. The number of sulfonamides is 1. The molecule has 0 aliphatic rings. The highest BCUT2D eigenvalue weighted by Crippen LogP contribution is 2.28. The Hall–Kier alpha value is -3.40. The number of halogens is 1. The number of nitrogens with two attached hydrogens (primary N) is 1. The number of carbonyl (C=O) groups is 2. The fraction of sp³-hybridized carbons (Fsp3) is 0.130. The van der Waals surface area contributed by atoms with Crippen molar-refractivity contribution in [2.45, 2.75) is 17.9 Å². The summed E-state index contributed by atoms with van der Waals surface area (Å²) < 4.78 is 34.5. The standard InChI is InChI=1S/C23H21ClN2O6S/c1-2-31-19-11-7-6-10-18(19)26-22(27)21(15-8-4-3-5-9-15)32-23(28)16-12-13-17(24)20(14-16)33(25,29)30/h3-14,21H,2H2,1H3,(H,26,27)(H2,25,29,30). The fourth-order valence-electron chi connectivity index (χ4n) is 2.97. The van der Waals surface area contributed by atoms with Crippen LogP contribution in [0.25, 0.3) is 0 Å². The molecule has 0 fully saturated rings. The van der Waals surface area contributed by atoms with Gasteiger partial charge >= 0.3 is 5.97 Å². The topological polar surface area (TPSA) is 125 Å². The van der Waals surface area contributed by atoms with E-state index in [2.05, 4.69) is 5.32 Å². The Bertz CT molecular complexity index is 1260. The Labute approximate surface area is 196 Å². The molecule has 3 N–H and O–H groups in total. The third kappa shape index (κ3) is 6.10. The van der Waals surface area contributed by atoms with Crippen molar-refractivity contribution in [3.05, 3.63) is 88.9 Å². The average molecular weight is 489 g/mol. The van der Waals surface area contributed by atoms with Gasteiger partial charge in [0.05, 0.1) is 22.9 Å². The minimum absolute atomic E-state index is 0.133. The molecule has 0 aromatic heterocycles. The maximum Gasteiger partial charge on any atom is 0.339 e. The zero-order chi connectivity index (χ0) is 24.0. The molecule has 0 heterocycles. The number of para-hydroxylation sites is 2. The first-order valence-corrected chi connectivity index (χ1v) is 11.7. The highest BCUT2D eigenvalue weighted by Gasteiger charge is 2.27. The normalized spacial score (nSPS) is 12.0. The minimum atomic E-state index is -4.17. The van der Waals surface area contributed by atoms with E-state index >= 15 is 0 Å². The molecule has 1 atom stereocenters. The number of rotatable bonds is 8. The molecular formula is C23H21ClN2O6S. The van der Waals surface area contributed by atoms with Crippen molar-refractivity contribution in [1.82, 2.24) is 0 Å². The van der Waals surface area contributed by atoms with Gasteiger partial charge in [0.2, 0.25) is 16.1 Å². The van der Waals surface area contributed by atoms with Crippen LogP contribution in [0.4, 0.5) is 5.69 Å². The zero-order valence-corrected chi connectivity index (χ0v) is 19.1. The first kappa shape index (κ1) is 24.2. The molecule has 0 spiro atoms. The van der Waals surface area contributed by atoms with E-state index < -0.39 is 32.9 Å². The third-order valence-corrected chi connectivity index (χ3v) is 5.88. The highest BCUT2D eigenvalue weighted by atomic mass is 35.5. The van der Waals surface area contributed by atoms with Gasteiger partial charge in [0.15, 0.2) is 0 Å². The van der Waals surface area contributed by atoms with E-state index in [0.29, 0.717) is 23.6 Å². The van der Waals surface area contributed by atoms with Gasteiger partial charge in [0, 0.05) is 5.56 Å². The number of hydrogen-bond donors (Lipinski definition) is 2. The monoisotopic (exact) mass is 488 g/mol. The molecule has 3 aromatic rings. The number of anilines is 1. The Kier molecular flexibility index (Phi) is 7.70. The Morgan fingerprint density at radius 3 is 2.36 bits per heavy atom. The van der Waals surface area contributed by atoms with Crippen molar-refractivity contribution >= 4 is 39.2 Å². The summed E-state index contributed by atoms with van der Waals surface area (Å²) in [4.78, 5) is 25.5. The molecule has 33 heavy (non-hydrogen) atoms. The van der Waals surface area contributed by atoms with Crippen molar-refractivity contribution < 1.29 is 27.5 Å². The Balaban J connectivity index is 1.91. The predicted molar refractivity (Wildman–Crippen MR) is 124 cm³/mol. The van der Waals surface area contributed by atoms with Crippen LogP contribution in [-0.2, 0) is 19.6 Å². The van der Waals surface area contributed by atoms with E-state index in [1.807, 2.05) is 6.92 Å². The molecule has 1 unspecified atom stereocenters. The largest absolute Gasteiger partial charge is 0.492 e. The smallest absolute Gasteiger partial charge is 0.339 e. The molecule has 0 aliphatic carbocycles. The van der Waals surface area contributed by atoms with Gasteiger partial charge in [-0.2, -0.15) is 0 Å². The molecule has 10 heteroatoms. The lowest BCUT2D eigenvalue weighted by Gasteiger charge is -2.19. The molecule has 8 nitrogen and oxygen atoms in total. The number of primary sulfonamides is 1. The van der Waals surface area contributed by atoms with Crippen LogP contribution in [0.5, 0.6) is 5.75 Å². The van der Waals surface area contributed by atoms with Gasteiger partial charge in [-0.25, -0.2) is 18.4 Å². The lowest BCUT2D eigenvalue weighted by molar-refractivity contribution is -0.125. The van der Waals surface area contributed by atoms with Gasteiger partial charge in [-0.1, -0.05) is 54.1 Å². The van der Waals surface area contributed by atoms with Crippen molar-refractivity contribution in [1.29, 1.82) is 0 Å². The van der Waals surface area contributed by atoms with Crippen LogP contribution in [0, 0.1) is 0 Å². The van der Waals surface area contributed by atoms with Gasteiger partial charge in [-0.3, -0.25) is 4.79 Å². The predicted octanol–water partition coefficient (Wildman–Crippen LogP) is 3.92. The van der Waals surface area contributed by atoms with E-state index in [1.165, 1.54) is 12.1 Å². The number of benzene rings is 3. The summed E-state index contributed by atoms with van der Waals surface area (Å²) in [6.07, 6.45) is -1.33. The first-order chi connectivity index (χ1) is 15.7. The first-order valence-electron chi connectivity index (χ1n) is 9.81. The van der Waals surface area contributed by atoms with E-state index in [1.54, 1.807) is 54.6 Å². The molecule has 0 saturated heterocycles. The van der Waals surface area contributed by atoms with Gasteiger partial charge in [0.1, 0.15) is 10.6 Å². The van der Waals surface area contributed by atoms with Crippen LogP contribution in [0.2, 0.25) is 5.02 Å². The Morgan fingerprint density at radius 2 is 1.70 bits per heavy atom. The van der Waals surface area contributed by atoms with Crippen LogP contribution in [0.3, 0.4) is 0 Å². The van der Waals surface area contributed by atoms with Crippen molar-refractivity contribution in [3.63, 3.8) is 0 Å². The molecule has 1 amide bonds. The number of nitrogens with one attached hydrogen (secondary N) is 1. The maximum atomic E-state index is 13.1. The second-order valence-electron chi connectivity index (χ2n) is 6.80. The van der Waals surface area contributed by atoms with Crippen LogP contribution in [-0.4, -0.2) is 26.9 Å². The van der Waals surface area contributed by atoms with Crippen molar-refractivity contribution in [2.24, 2.45) is 5.14 Å². The quantitative estimate of drug-likeness (QED) is 0.463. The summed E-state index contributed by atoms with van der Waals surface area (Å²) in [6, 6.07) is 18.7. The zero-order valence-electron chi connectivity index (χ0n) is 17.5. The van der Waals surface area contributed by atoms with Gasteiger partial charge in [-0.15, -0.1) is 0 Å². The summed E-state index contributed by atoms with van der Waals surface area (Å²) >= 11 is 5.88. The summed E-state index contributed by atoms with van der Waals surface area (Å²) in [5.74, 6) is -1.09. The van der Waals surface area contributed by atoms with Crippen molar-refractivity contribution in [3.8, 4) is 5.75 Å². The fourth-order valence-corrected chi connectivity index (χ4v) is 4.05. The molecule has 0 aliphatic heterocycles. The van der Waals surface area contributed by atoms with Gasteiger partial charge in [-0.05, 0) is 37.3 Å². The van der Waals surface area contributed by atoms with Gasteiger partial charge in [0.25, 0.3) is 5.91 Å². The average Bonchev–Trinajstić information content (AvgIpc) is 2.79. The van der Waals surface area contributed by atoms with E-state index in [9.17, 15) is 18.0 Å². The molecule has 0 bridgehead atoms. The maximum absolute atomic E-state index is 13.1. The lowest BCUT2D eigenvalue weighted by atomic mass is 10.1. The van der Waals surface area contributed by atoms with E-state index in [-0.39, 0.29) is 10.6 Å². The summed E-state index contributed by atoms with van der Waals surface area (Å²) in [7, 11) is -4.17. The second-order valence-corrected chi connectivity index (χ2v) is 8.74. The highest BCUT2D eigenvalue weighted by molar-refractivity contribution is 7.89. The number of esters is 1. The van der Waals surface area contributed by atoms with Crippen molar-refractivity contribution in [2.75, 3.05) is 11.9 Å². The molecular weight excluding hydrogens is 468 g/mol. The second kappa shape index (κ2) is 10.5. The van der Waals surface area contributed by atoms with Crippen LogP contribution in [0.15, 0.2) is 77.7 Å². The number of hydrogen-bond acceptors (Lipinski definition) is 6. The Morgan fingerprint density at radius 1 is 1.03 bits per heavy atom. The summed E-state index contributed by atoms with van der Waals surface area (Å²) in [6.45, 7) is 2.21. The molecule has 0 radical (unpaired) electrons. The SMILES string of the molecule is CCOc1ccccc1NC(=O)C(OC(=O)c1ccc(Cl)c(S(N)(=O)=O)c1)c1ccccc1. The number of amides is 1. The van der Waals surface area contributed by atoms with Crippen LogP contribution in [0.1, 0.15) is 28.9 Å². The lowest BCUT2D eigenvalue weighted by Crippen LogP contribution is -2.26. The summed E-state index contributed by atoms with van der Waals surface area (Å²) in [5, 5.41) is 7.73. The number of carbonyl (C=O) groups excluding carboxylic acids is 2. The molecule has 0 saturated carbocycles. The van der Waals surface area contributed by atoms with E-state index in [0.717, 1.165) is 6.07 Å². The van der Waals surface area contributed by atoms with E-state index in [4.69, 9.17) is 26.2 Å². The minimum Gasteiger partial charge on any atom is -0.492 e. The molecule has 172 valence electrons. The molecule has 3 rings (SSSR count). The van der Waals surface area contributed by atoms with Crippen LogP contribution >= 0.6 is 11.6 Å². The number of ether oxygens (including phenoxy) is 2. The molecule has 3 aromatic carbocycles. The van der Waals surface area contributed by atoms with Crippen LogP contribution < -0.4 is 15.2 Å². The summed E-state index contributed by atoms with van der Waals surface area (Å²) in [5.41, 5.74) is 0.689.